The van der Waals surface area contributed by atoms with E-state index in [1.807, 2.05) is 44.3 Å². The Labute approximate surface area is 120 Å². The highest BCUT2D eigenvalue weighted by atomic mass is 16.5. The molecule has 0 saturated heterocycles. The smallest absolute Gasteiger partial charge is 0.120 e. The summed E-state index contributed by atoms with van der Waals surface area (Å²) in [5.74, 6) is 1.85. The van der Waals surface area contributed by atoms with Crippen molar-refractivity contribution >= 4 is 0 Å². The van der Waals surface area contributed by atoms with E-state index >= 15 is 0 Å². The third-order valence-corrected chi connectivity index (χ3v) is 2.84. The summed E-state index contributed by atoms with van der Waals surface area (Å²) in [6, 6.07) is 8.52. The van der Waals surface area contributed by atoms with Gasteiger partial charge in [-0.15, -0.1) is 0 Å². The standard InChI is InChI=1S/C16H23N3O/c1-11(2)17-10-16-18-9-15(19-16)13-5-7-14(8-6-13)20-12(3)4/h5-9,11-12,17H,10H2,1-4H3,(H,18,19). The number of hydrogen-bond donors (Lipinski definition) is 2. The molecule has 0 bridgehead atoms. The van der Waals surface area contributed by atoms with Gasteiger partial charge in [-0.1, -0.05) is 13.8 Å². The van der Waals surface area contributed by atoms with Crippen LogP contribution in [0.2, 0.25) is 0 Å². The molecule has 0 aliphatic rings. The molecule has 0 unspecified atom stereocenters. The summed E-state index contributed by atoms with van der Waals surface area (Å²) in [6.45, 7) is 9.05. The number of benzene rings is 1. The van der Waals surface area contributed by atoms with Crippen molar-refractivity contribution in [1.29, 1.82) is 0 Å². The van der Waals surface area contributed by atoms with Gasteiger partial charge in [0, 0.05) is 6.04 Å². The lowest BCUT2D eigenvalue weighted by Gasteiger charge is -2.09. The van der Waals surface area contributed by atoms with Crippen LogP contribution in [0.4, 0.5) is 0 Å². The lowest BCUT2D eigenvalue weighted by atomic mass is 10.1. The maximum atomic E-state index is 5.64. The molecule has 0 amide bonds. The van der Waals surface area contributed by atoms with Gasteiger partial charge in [-0.3, -0.25) is 0 Å². The molecule has 4 nitrogen and oxygen atoms in total. The zero-order valence-electron chi connectivity index (χ0n) is 12.6. The van der Waals surface area contributed by atoms with Crippen LogP contribution >= 0.6 is 0 Å². The molecule has 0 spiro atoms. The van der Waals surface area contributed by atoms with Crippen LogP contribution in [0.3, 0.4) is 0 Å². The minimum Gasteiger partial charge on any atom is -0.491 e. The molecule has 1 aromatic heterocycles. The van der Waals surface area contributed by atoms with Crippen LogP contribution in [-0.4, -0.2) is 22.1 Å². The molecule has 0 radical (unpaired) electrons. The third-order valence-electron chi connectivity index (χ3n) is 2.84. The monoisotopic (exact) mass is 273 g/mol. The van der Waals surface area contributed by atoms with Crippen molar-refractivity contribution in [3.8, 4) is 17.0 Å². The number of hydrogen-bond acceptors (Lipinski definition) is 3. The van der Waals surface area contributed by atoms with E-state index in [-0.39, 0.29) is 6.10 Å². The van der Waals surface area contributed by atoms with Crippen molar-refractivity contribution in [2.75, 3.05) is 0 Å². The van der Waals surface area contributed by atoms with Gasteiger partial charge in [0.2, 0.25) is 0 Å². The van der Waals surface area contributed by atoms with Gasteiger partial charge in [-0.2, -0.15) is 0 Å². The van der Waals surface area contributed by atoms with Gasteiger partial charge in [-0.25, -0.2) is 4.98 Å². The van der Waals surface area contributed by atoms with Gasteiger partial charge in [0.15, 0.2) is 0 Å². The van der Waals surface area contributed by atoms with Crippen LogP contribution in [0.25, 0.3) is 11.3 Å². The molecule has 2 N–H and O–H groups in total. The number of imidazole rings is 1. The fourth-order valence-corrected chi connectivity index (χ4v) is 1.89. The number of nitrogens with zero attached hydrogens (tertiary/aromatic N) is 1. The molecule has 0 atom stereocenters. The Kier molecular flexibility index (Phi) is 4.79. The Morgan fingerprint density at radius 3 is 2.45 bits per heavy atom. The molecule has 2 rings (SSSR count). The molecule has 1 heterocycles. The minimum absolute atomic E-state index is 0.196. The topological polar surface area (TPSA) is 49.9 Å². The van der Waals surface area contributed by atoms with Gasteiger partial charge in [0.25, 0.3) is 0 Å². The summed E-state index contributed by atoms with van der Waals surface area (Å²) in [4.78, 5) is 7.72. The molecule has 0 aliphatic heterocycles. The molecular formula is C16H23N3O. The Morgan fingerprint density at radius 1 is 1.15 bits per heavy atom. The van der Waals surface area contributed by atoms with Gasteiger partial charge >= 0.3 is 0 Å². The van der Waals surface area contributed by atoms with Crippen LogP contribution in [0.15, 0.2) is 30.5 Å². The van der Waals surface area contributed by atoms with E-state index in [1.165, 1.54) is 0 Å². The highest BCUT2D eigenvalue weighted by Gasteiger charge is 2.05. The number of H-pyrrole nitrogens is 1. The Bertz CT molecular complexity index is 529. The van der Waals surface area contributed by atoms with Gasteiger partial charge in [-0.05, 0) is 43.7 Å². The number of aromatic nitrogens is 2. The van der Waals surface area contributed by atoms with E-state index in [4.69, 9.17) is 4.74 Å². The Balaban J connectivity index is 2.04. The molecule has 108 valence electrons. The fraction of sp³-hybridized carbons (Fsp3) is 0.438. The predicted octanol–water partition coefficient (Wildman–Crippen LogP) is 3.36. The quantitative estimate of drug-likeness (QED) is 0.848. The number of rotatable bonds is 6. The first kappa shape index (κ1) is 14.6. The van der Waals surface area contributed by atoms with E-state index in [1.54, 1.807) is 0 Å². The normalized spacial score (nSPS) is 11.3. The molecule has 0 aliphatic carbocycles. The molecular weight excluding hydrogens is 250 g/mol. The number of aromatic amines is 1. The van der Waals surface area contributed by atoms with Crippen molar-refractivity contribution in [3.05, 3.63) is 36.3 Å². The van der Waals surface area contributed by atoms with Crippen LogP contribution in [0.1, 0.15) is 33.5 Å². The van der Waals surface area contributed by atoms with Gasteiger partial charge in [0.1, 0.15) is 11.6 Å². The van der Waals surface area contributed by atoms with Crippen LogP contribution < -0.4 is 10.1 Å². The summed E-state index contributed by atoms with van der Waals surface area (Å²) in [6.07, 6.45) is 2.07. The zero-order chi connectivity index (χ0) is 14.5. The second-order valence-corrected chi connectivity index (χ2v) is 5.47. The summed E-state index contributed by atoms with van der Waals surface area (Å²) >= 11 is 0. The molecule has 4 heteroatoms. The largest absolute Gasteiger partial charge is 0.491 e. The number of nitrogens with one attached hydrogen (secondary N) is 2. The van der Waals surface area contributed by atoms with Crippen LogP contribution in [0, 0.1) is 0 Å². The summed E-state index contributed by atoms with van der Waals surface area (Å²) < 4.78 is 5.64. The second-order valence-electron chi connectivity index (χ2n) is 5.47. The average Bonchev–Trinajstić information content (AvgIpc) is 2.85. The van der Waals surface area contributed by atoms with Crippen molar-refractivity contribution < 1.29 is 4.74 Å². The van der Waals surface area contributed by atoms with E-state index < -0.39 is 0 Å². The first-order valence-corrected chi connectivity index (χ1v) is 7.09. The molecule has 20 heavy (non-hydrogen) atoms. The zero-order valence-corrected chi connectivity index (χ0v) is 12.6. The minimum atomic E-state index is 0.196. The van der Waals surface area contributed by atoms with E-state index in [0.717, 1.165) is 29.4 Å². The van der Waals surface area contributed by atoms with Gasteiger partial charge < -0.3 is 15.0 Å². The average molecular weight is 273 g/mol. The van der Waals surface area contributed by atoms with Crippen LogP contribution in [0.5, 0.6) is 5.75 Å². The van der Waals surface area contributed by atoms with Crippen LogP contribution in [-0.2, 0) is 6.54 Å². The van der Waals surface area contributed by atoms with Crippen molar-refractivity contribution in [1.82, 2.24) is 15.3 Å². The first-order chi connectivity index (χ1) is 9.54. The molecule has 1 aromatic carbocycles. The molecule has 0 fully saturated rings. The van der Waals surface area contributed by atoms with Crippen molar-refractivity contribution in [3.63, 3.8) is 0 Å². The SMILES string of the molecule is CC(C)NCc1ncc(-c2ccc(OC(C)C)cc2)[nH]1. The summed E-state index contributed by atoms with van der Waals surface area (Å²) in [5, 5.41) is 3.34. The second kappa shape index (κ2) is 6.57. The highest BCUT2D eigenvalue weighted by Crippen LogP contribution is 2.21. The molecule has 2 aromatic rings. The Hall–Kier alpha value is -1.81. The predicted molar refractivity (Wildman–Crippen MR) is 81.8 cm³/mol. The first-order valence-electron chi connectivity index (χ1n) is 7.09. The van der Waals surface area contributed by atoms with E-state index in [0.29, 0.717) is 6.04 Å². The number of ether oxygens (including phenoxy) is 1. The third kappa shape index (κ3) is 4.10. The maximum absolute atomic E-state index is 5.64. The highest BCUT2D eigenvalue weighted by molar-refractivity contribution is 5.59. The van der Waals surface area contributed by atoms with Crippen molar-refractivity contribution in [2.45, 2.75) is 46.4 Å². The fourth-order valence-electron chi connectivity index (χ4n) is 1.89. The summed E-state index contributed by atoms with van der Waals surface area (Å²) in [5.41, 5.74) is 2.14. The lowest BCUT2D eigenvalue weighted by Crippen LogP contribution is -2.22. The maximum Gasteiger partial charge on any atom is 0.120 e. The summed E-state index contributed by atoms with van der Waals surface area (Å²) in [7, 11) is 0. The Morgan fingerprint density at radius 2 is 1.85 bits per heavy atom. The van der Waals surface area contributed by atoms with Crippen molar-refractivity contribution in [2.24, 2.45) is 0 Å². The van der Waals surface area contributed by atoms with Gasteiger partial charge in [0.05, 0.1) is 24.5 Å². The van der Waals surface area contributed by atoms with E-state index in [9.17, 15) is 0 Å². The lowest BCUT2D eigenvalue weighted by molar-refractivity contribution is 0.242. The van der Waals surface area contributed by atoms with E-state index in [2.05, 4.69) is 29.1 Å². The molecule has 0 saturated carbocycles.